The van der Waals surface area contributed by atoms with E-state index >= 15 is 0 Å². The van der Waals surface area contributed by atoms with Crippen LogP contribution in [0, 0.1) is 0 Å². The molecule has 11 heavy (non-hydrogen) atoms. The fraction of sp³-hybridized carbons (Fsp3) is 0.600. The van der Waals surface area contributed by atoms with Crippen LogP contribution >= 0.6 is 0 Å². The van der Waals surface area contributed by atoms with E-state index in [-0.39, 0.29) is 0 Å². The summed E-state index contributed by atoms with van der Waals surface area (Å²) in [5, 5.41) is 0. The molecule has 64 valence electrons. The van der Waals surface area contributed by atoms with Crippen molar-refractivity contribution in [1.82, 2.24) is 0 Å². The Labute approximate surface area is 70.6 Å². The molecule has 0 spiro atoms. The molecule has 1 heteroatoms. The highest BCUT2D eigenvalue weighted by Crippen LogP contribution is 1.97. The van der Waals surface area contributed by atoms with E-state index in [2.05, 4.69) is 39.8 Å². The molecular formula is C10H20N+. The molecular weight excluding hydrogens is 134 g/mol. The van der Waals surface area contributed by atoms with E-state index < -0.39 is 0 Å². The number of hydrogen-bond donors (Lipinski definition) is 0. The van der Waals surface area contributed by atoms with Crippen molar-refractivity contribution < 1.29 is 4.48 Å². The zero-order valence-corrected chi connectivity index (χ0v) is 8.01. The number of allylic oxidation sites excluding steroid dienone is 1. The second-order valence-electron chi connectivity index (χ2n) is 3.47. The van der Waals surface area contributed by atoms with Gasteiger partial charge in [-0.25, -0.2) is 0 Å². The van der Waals surface area contributed by atoms with Crippen molar-refractivity contribution >= 4 is 0 Å². The minimum atomic E-state index is 1.00. The molecule has 0 heterocycles. The van der Waals surface area contributed by atoms with E-state index in [1.807, 2.05) is 6.08 Å². The molecule has 0 bridgehead atoms. The third kappa shape index (κ3) is 5.86. The van der Waals surface area contributed by atoms with Gasteiger partial charge in [-0.1, -0.05) is 19.6 Å². The van der Waals surface area contributed by atoms with E-state index in [1.54, 1.807) is 0 Å². The lowest BCUT2D eigenvalue weighted by molar-refractivity contribution is -0.878. The van der Waals surface area contributed by atoms with Crippen molar-refractivity contribution in [3.05, 3.63) is 24.8 Å². The molecule has 0 saturated carbocycles. The number of likely N-dealkylation sites (N-methyl/N-ethyl adjacent to an activating group) is 1. The lowest BCUT2D eigenvalue weighted by Crippen LogP contribution is -2.39. The maximum Gasteiger partial charge on any atom is 0.0972 e. The second kappa shape index (κ2) is 5.14. The molecule has 0 atom stereocenters. The van der Waals surface area contributed by atoms with Gasteiger partial charge in [-0.15, -0.1) is 0 Å². The van der Waals surface area contributed by atoms with E-state index in [1.165, 1.54) is 0 Å². The Morgan fingerprint density at radius 3 is 2.27 bits per heavy atom. The summed E-state index contributed by atoms with van der Waals surface area (Å²) in [4.78, 5) is 0. The highest BCUT2D eigenvalue weighted by molar-refractivity contribution is 4.80. The van der Waals surface area contributed by atoms with Crippen LogP contribution in [0.1, 0.15) is 13.3 Å². The van der Waals surface area contributed by atoms with Crippen molar-refractivity contribution in [3.63, 3.8) is 0 Å². The largest absolute Gasteiger partial charge is 0.322 e. The van der Waals surface area contributed by atoms with Gasteiger partial charge < -0.3 is 4.48 Å². The first kappa shape index (κ1) is 10.4. The van der Waals surface area contributed by atoms with Gasteiger partial charge in [-0.05, 0) is 18.6 Å². The molecule has 0 unspecified atom stereocenters. The molecule has 0 fully saturated rings. The van der Waals surface area contributed by atoms with Crippen LogP contribution in [0.5, 0.6) is 0 Å². The summed E-state index contributed by atoms with van der Waals surface area (Å²) >= 11 is 0. The van der Waals surface area contributed by atoms with Gasteiger partial charge in [0.05, 0.1) is 27.2 Å². The Hall–Kier alpha value is -0.560. The molecule has 0 radical (unpaired) electrons. The molecule has 0 N–H and O–H groups in total. The van der Waals surface area contributed by atoms with Crippen LogP contribution in [0.3, 0.4) is 0 Å². The highest BCUT2D eigenvalue weighted by Gasteiger charge is 2.08. The second-order valence-corrected chi connectivity index (χ2v) is 3.47. The smallest absolute Gasteiger partial charge is 0.0972 e. The van der Waals surface area contributed by atoms with Crippen LogP contribution in [0.25, 0.3) is 0 Å². The third-order valence-electron chi connectivity index (χ3n) is 1.63. The summed E-state index contributed by atoms with van der Waals surface area (Å²) in [5.41, 5.74) is 0. The average molecular weight is 154 g/mol. The van der Waals surface area contributed by atoms with Crippen molar-refractivity contribution in [2.45, 2.75) is 13.3 Å². The van der Waals surface area contributed by atoms with Crippen molar-refractivity contribution in [2.24, 2.45) is 0 Å². The topological polar surface area (TPSA) is 0 Å². The fourth-order valence-corrected chi connectivity index (χ4v) is 0.951. The quantitative estimate of drug-likeness (QED) is 0.421. The summed E-state index contributed by atoms with van der Waals surface area (Å²) in [6.45, 7) is 8.02. The van der Waals surface area contributed by atoms with Crippen molar-refractivity contribution in [1.29, 1.82) is 0 Å². The molecule has 0 rings (SSSR count). The van der Waals surface area contributed by atoms with Gasteiger partial charge in [-0.3, -0.25) is 0 Å². The lowest BCUT2D eigenvalue weighted by Gasteiger charge is -2.26. The van der Waals surface area contributed by atoms with Gasteiger partial charge in [0.25, 0.3) is 0 Å². The van der Waals surface area contributed by atoms with Crippen LogP contribution in [0.4, 0.5) is 0 Å². The van der Waals surface area contributed by atoms with Gasteiger partial charge in [0.15, 0.2) is 0 Å². The molecule has 0 aliphatic carbocycles. The minimum absolute atomic E-state index is 1.00. The predicted octanol–water partition coefficient (Wildman–Crippen LogP) is 2.21. The first-order valence-corrected chi connectivity index (χ1v) is 4.20. The van der Waals surface area contributed by atoms with Gasteiger partial charge >= 0.3 is 0 Å². The summed E-state index contributed by atoms with van der Waals surface area (Å²) in [5.74, 6) is 0. The Morgan fingerprint density at radius 2 is 1.82 bits per heavy atom. The minimum Gasteiger partial charge on any atom is -0.322 e. The molecule has 0 aliphatic rings. The Bertz CT molecular complexity index is 134. The predicted molar refractivity (Wildman–Crippen MR) is 51.5 cm³/mol. The lowest BCUT2D eigenvalue weighted by atomic mass is 10.3. The highest BCUT2D eigenvalue weighted by atomic mass is 15.3. The van der Waals surface area contributed by atoms with Crippen molar-refractivity contribution in [2.75, 3.05) is 27.2 Å². The van der Waals surface area contributed by atoms with Crippen molar-refractivity contribution in [3.8, 4) is 0 Å². The summed E-state index contributed by atoms with van der Waals surface area (Å²) in [6, 6.07) is 0. The van der Waals surface area contributed by atoms with E-state index in [4.69, 9.17) is 0 Å². The molecule has 0 aromatic rings. The number of nitrogens with zero attached hydrogens (tertiary/aromatic N) is 1. The van der Waals surface area contributed by atoms with Crippen LogP contribution in [0.15, 0.2) is 24.8 Å². The molecule has 0 aromatic carbocycles. The Balaban J connectivity index is 3.71. The summed E-state index contributed by atoms with van der Waals surface area (Å²) < 4.78 is 1.00. The maximum absolute atomic E-state index is 3.73. The molecule has 0 amide bonds. The SMILES string of the molecule is C=CC[N+](C)(C)CC=CCC. The maximum atomic E-state index is 3.73. The summed E-state index contributed by atoms with van der Waals surface area (Å²) in [7, 11) is 4.42. The monoisotopic (exact) mass is 154 g/mol. The van der Waals surface area contributed by atoms with Crippen LogP contribution in [-0.4, -0.2) is 31.7 Å². The number of quaternary nitrogens is 1. The van der Waals surface area contributed by atoms with Crippen LogP contribution in [-0.2, 0) is 0 Å². The molecule has 1 nitrogen and oxygen atoms in total. The van der Waals surface area contributed by atoms with E-state index in [0.717, 1.165) is 24.0 Å². The number of rotatable bonds is 5. The van der Waals surface area contributed by atoms with E-state index in [0.29, 0.717) is 0 Å². The normalized spacial score (nSPS) is 12.3. The van der Waals surface area contributed by atoms with Gasteiger partial charge in [-0.2, -0.15) is 0 Å². The van der Waals surface area contributed by atoms with Gasteiger partial charge in [0, 0.05) is 0 Å². The Morgan fingerprint density at radius 1 is 1.18 bits per heavy atom. The van der Waals surface area contributed by atoms with Gasteiger partial charge in [0.2, 0.25) is 0 Å². The zero-order chi connectivity index (χ0) is 8.74. The number of hydrogen-bond acceptors (Lipinski definition) is 0. The fourth-order valence-electron chi connectivity index (χ4n) is 0.951. The van der Waals surface area contributed by atoms with E-state index in [9.17, 15) is 0 Å². The first-order chi connectivity index (χ1) is 5.12. The molecule has 0 aliphatic heterocycles. The first-order valence-electron chi connectivity index (χ1n) is 4.20. The molecule has 0 saturated heterocycles. The summed E-state index contributed by atoms with van der Waals surface area (Å²) in [6.07, 6.45) is 7.56. The third-order valence-corrected chi connectivity index (χ3v) is 1.63. The van der Waals surface area contributed by atoms with Crippen LogP contribution in [0.2, 0.25) is 0 Å². The van der Waals surface area contributed by atoms with Gasteiger partial charge in [0.1, 0.15) is 0 Å². The molecule has 0 aromatic heterocycles. The van der Waals surface area contributed by atoms with Crippen LogP contribution < -0.4 is 0 Å². The Kier molecular flexibility index (Phi) is 4.88. The zero-order valence-electron chi connectivity index (χ0n) is 8.01. The standard InChI is InChI=1S/C10H20N/c1-5-7-8-10-11(3,4)9-6-2/h6-8H,2,5,9-10H2,1,3-4H3/q+1. The average Bonchev–Trinajstić information content (AvgIpc) is 1.87.